The minimum atomic E-state index is -1.46. The fraction of sp³-hybridized carbons (Fsp3) is 0.333. The molecule has 98 valence electrons. The first kappa shape index (κ1) is 13.9. The molecule has 2 amide bonds. The molecule has 0 radical (unpaired) electrons. The molecule has 1 heterocycles. The Labute approximate surface area is 106 Å². The zero-order valence-corrected chi connectivity index (χ0v) is 9.94. The van der Waals surface area contributed by atoms with Crippen molar-refractivity contribution in [3.63, 3.8) is 0 Å². The van der Waals surface area contributed by atoms with Gasteiger partial charge in [0.15, 0.2) is 0 Å². The number of nitrogens with zero attached hydrogens (tertiary/aromatic N) is 1. The second-order valence-electron chi connectivity index (χ2n) is 3.30. The molecule has 1 aromatic heterocycles. The lowest BCUT2D eigenvalue weighted by Gasteiger charge is -2.12. The average Bonchev–Trinajstić information content (AvgIpc) is 2.77. The number of amides is 2. The maximum Gasteiger partial charge on any atom is 0.326 e. The summed E-state index contributed by atoms with van der Waals surface area (Å²) >= 11 is 1.36. The molecule has 8 nitrogen and oxygen atoms in total. The molecule has 0 aliphatic rings. The topological polar surface area (TPSA) is 129 Å². The maximum atomic E-state index is 11.3. The molecule has 0 fully saturated rings. The highest BCUT2D eigenvalue weighted by Crippen LogP contribution is 1.99. The zero-order valence-electron chi connectivity index (χ0n) is 9.12. The molecule has 0 saturated carbocycles. The minimum Gasteiger partial charge on any atom is -0.481 e. The van der Waals surface area contributed by atoms with E-state index in [0.29, 0.717) is 5.69 Å². The van der Waals surface area contributed by atoms with E-state index in [4.69, 9.17) is 10.2 Å². The highest BCUT2D eigenvalue weighted by Gasteiger charge is 2.22. The second kappa shape index (κ2) is 6.55. The fourth-order valence-corrected chi connectivity index (χ4v) is 1.64. The monoisotopic (exact) mass is 273 g/mol. The van der Waals surface area contributed by atoms with Crippen molar-refractivity contribution in [2.75, 3.05) is 0 Å². The summed E-state index contributed by atoms with van der Waals surface area (Å²) in [4.78, 5) is 36.3. The summed E-state index contributed by atoms with van der Waals surface area (Å²) < 4.78 is 0. The van der Waals surface area contributed by atoms with Crippen LogP contribution in [0.2, 0.25) is 0 Å². The lowest BCUT2D eigenvalue weighted by Crippen LogP contribution is -2.46. The van der Waals surface area contributed by atoms with Crippen LogP contribution in [0.5, 0.6) is 0 Å². The Morgan fingerprint density at radius 2 is 2.11 bits per heavy atom. The van der Waals surface area contributed by atoms with Gasteiger partial charge in [0.1, 0.15) is 6.04 Å². The van der Waals surface area contributed by atoms with E-state index in [0.717, 1.165) is 0 Å². The van der Waals surface area contributed by atoms with Crippen LogP contribution in [0.3, 0.4) is 0 Å². The molecule has 1 atom stereocenters. The lowest BCUT2D eigenvalue weighted by atomic mass is 10.2. The second-order valence-corrected chi connectivity index (χ2v) is 4.01. The first-order valence-corrected chi connectivity index (χ1v) is 5.79. The molecule has 4 N–H and O–H groups in total. The van der Waals surface area contributed by atoms with Crippen molar-refractivity contribution in [3.8, 4) is 0 Å². The number of nitrogens with one attached hydrogen (secondary N) is 2. The summed E-state index contributed by atoms with van der Waals surface area (Å²) in [6.45, 7) is 0.148. The predicted octanol–water partition coefficient (Wildman–Crippen LogP) is -0.130. The number of carbonyl (C=O) groups excluding carboxylic acids is 1. The highest BCUT2D eigenvalue weighted by molar-refractivity contribution is 7.07. The average molecular weight is 273 g/mol. The maximum absolute atomic E-state index is 11.3. The Kier molecular flexibility index (Phi) is 5.06. The van der Waals surface area contributed by atoms with Gasteiger partial charge in [-0.15, -0.1) is 11.3 Å². The first-order valence-electron chi connectivity index (χ1n) is 4.85. The van der Waals surface area contributed by atoms with Crippen LogP contribution in [0.4, 0.5) is 4.79 Å². The molecular weight excluding hydrogens is 262 g/mol. The number of aromatic nitrogens is 1. The number of carboxylic acids is 2. The molecule has 9 heteroatoms. The van der Waals surface area contributed by atoms with E-state index < -0.39 is 30.4 Å². The Bertz CT molecular complexity index is 433. The van der Waals surface area contributed by atoms with Crippen LogP contribution in [-0.4, -0.2) is 39.2 Å². The van der Waals surface area contributed by atoms with Gasteiger partial charge in [-0.25, -0.2) is 14.6 Å². The van der Waals surface area contributed by atoms with Gasteiger partial charge < -0.3 is 20.8 Å². The van der Waals surface area contributed by atoms with Gasteiger partial charge in [-0.05, 0) is 0 Å². The molecule has 0 saturated heterocycles. The van der Waals surface area contributed by atoms with Crippen LogP contribution < -0.4 is 10.6 Å². The van der Waals surface area contributed by atoms with E-state index in [9.17, 15) is 14.4 Å². The predicted molar refractivity (Wildman–Crippen MR) is 61.2 cm³/mol. The molecular formula is C9H11N3O5S. The summed E-state index contributed by atoms with van der Waals surface area (Å²) in [5.41, 5.74) is 2.24. The van der Waals surface area contributed by atoms with Gasteiger partial charge in [-0.1, -0.05) is 0 Å². The third kappa shape index (κ3) is 4.78. The van der Waals surface area contributed by atoms with E-state index in [-0.39, 0.29) is 6.54 Å². The summed E-state index contributed by atoms with van der Waals surface area (Å²) in [6.07, 6.45) is -0.681. The van der Waals surface area contributed by atoms with Crippen LogP contribution in [0.1, 0.15) is 12.1 Å². The van der Waals surface area contributed by atoms with Crippen LogP contribution in [-0.2, 0) is 16.1 Å². The van der Waals surface area contributed by atoms with Gasteiger partial charge in [-0.3, -0.25) is 4.79 Å². The zero-order chi connectivity index (χ0) is 13.5. The quantitative estimate of drug-likeness (QED) is 0.571. The number of carboxylic acid groups (broad SMARTS) is 2. The van der Waals surface area contributed by atoms with Gasteiger partial charge >= 0.3 is 18.0 Å². The van der Waals surface area contributed by atoms with E-state index in [2.05, 4.69) is 15.6 Å². The number of hydrogen-bond donors (Lipinski definition) is 4. The Morgan fingerprint density at radius 1 is 1.39 bits per heavy atom. The van der Waals surface area contributed by atoms with Gasteiger partial charge in [-0.2, -0.15) is 0 Å². The fourth-order valence-electron chi connectivity index (χ4n) is 1.08. The summed E-state index contributed by atoms with van der Waals surface area (Å²) in [5.74, 6) is -2.71. The van der Waals surface area contributed by atoms with Crippen molar-refractivity contribution in [3.05, 3.63) is 16.6 Å². The summed E-state index contributed by atoms with van der Waals surface area (Å²) in [6, 6.07) is -2.21. The number of thiazole rings is 1. The first-order chi connectivity index (χ1) is 8.49. The van der Waals surface area contributed by atoms with Crippen LogP contribution in [0.25, 0.3) is 0 Å². The molecule has 0 aliphatic carbocycles. The van der Waals surface area contributed by atoms with Gasteiger partial charge in [0.2, 0.25) is 0 Å². The number of rotatable bonds is 6. The van der Waals surface area contributed by atoms with Crippen molar-refractivity contribution in [2.45, 2.75) is 19.0 Å². The van der Waals surface area contributed by atoms with Gasteiger partial charge in [0.05, 0.1) is 24.2 Å². The van der Waals surface area contributed by atoms with Crippen molar-refractivity contribution in [2.24, 2.45) is 0 Å². The number of urea groups is 1. The SMILES string of the molecule is O=C(O)C[C@H](NC(=O)NCc1cscn1)C(=O)O. The van der Waals surface area contributed by atoms with Crippen molar-refractivity contribution in [1.29, 1.82) is 0 Å². The van der Waals surface area contributed by atoms with Crippen molar-refractivity contribution >= 4 is 29.3 Å². The summed E-state index contributed by atoms with van der Waals surface area (Å²) in [5, 5.41) is 23.4. The van der Waals surface area contributed by atoms with E-state index in [1.807, 2.05) is 0 Å². The van der Waals surface area contributed by atoms with E-state index in [1.165, 1.54) is 11.3 Å². The van der Waals surface area contributed by atoms with Crippen LogP contribution in [0.15, 0.2) is 10.9 Å². The normalized spacial score (nSPS) is 11.6. The van der Waals surface area contributed by atoms with E-state index >= 15 is 0 Å². The third-order valence-corrected chi connectivity index (χ3v) is 2.53. The largest absolute Gasteiger partial charge is 0.481 e. The van der Waals surface area contributed by atoms with Gasteiger partial charge in [0, 0.05) is 5.38 Å². The Balaban J connectivity index is 2.41. The molecule has 18 heavy (non-hydrogen) atoms. The highest BCUT2D eigenvalue weighted by atomic mass is 32.1. The van der Waals surface area contributed by atoms with Crippen LogP contribution >= 0.6 is 11.3 Å². The molecule has 0 aromatic carbocycles. The molecule has 0 aliphatic heterocycles. The molecule has 0 bridgehead atoms. The van der Waals surface area contributed by atoms with Crippen molar-refractivity contribution in [1.82, 2.24) is 15.6 Å². The smallest absolute Gasteiger partial charge is 0.326 e. The van der Waals surface area contributed by atoms with Crippen molar-refractivity contribution < 1.29 is 24.6 Å². The van der Waals surface area contributed by atoms with E-state index in [1.54, 1.807) is 10.9 Å². The van der Waals surface area contributed by atoms with Gasteiger partial charge in [0.25, 0.3) is 0 Å². The Morgan fingerprint density at radius 3 is 2.61 bits per heavy atom. The summed E-state index contributed by atoms with van der Waals surface area (Å²) in [7, 11) is 0. The molecule has 0 spiro atoms. The standard InChI is InChI=1S/C9H11N3O5S/c13-7(14)1-6(8(15)16)12-9(17)10-2-5-3-18-4-11-5/h3-4,6H,1-2H2,(H,13,14)(H,15,16)(H2,10,12,17)/t6-/m0/s1. The number of carbonyl (C=O) groups is 3. The minimum absolute atomic E-state index is 0.148. The molecule has 0 unspecified atom stereocenters. The number of aliphatic carboxylic acids is 2. The molecule has 1 aromatic rings. The van der Waals surface area contributed by atoms with Crippen LogP contribution in [0, 0.1) is 0 Å². The molecule has 1 rings (SSSR count). The Hall–Kier alpha value is -2.16. The third-order valence-electron chi connectivity index (χ3n) is 1.90. The number of hydrogen-bond acceptors (Lipinski definition) is 5. The lowest BCUT2D eigenvalue weighted by molar-refractivity contribution is -0.145.